The summed E-state index contributed by atoms with van der Waals surface area (Å²) < 4.78 is 7.80. The zero-order valence-electron chi connectivity index (χ0n) is 16.3. The highest BCUT2D eigenvalue weighted by Crippen LogP contribution is 2.25. The molecule has 0 saturated carbocycles. The Kier molecular flexibility index (Phi) is 4.33. The highest BCUT2D eigenvalue weighted by atomic mass is 16.3. The molecule has 1 aromatic carbocycles. The van der Waals surface area contributed by atoms with Crippen LogP contribution in [-0.2, 0) is 6.42 Å². The van der Waals surface area contributed by atoms with E-state index in [1.54, 1.807) is 0 Å². The van der Waals surface area contributed by atoms with Crippen molar-refractivity contribution in [2.24, 2.45) is 0 Å². The minimum atomic E-state index is 0.688. The minimum absolute atomic E-state index is 0.688. The lowest BCUT2D eigenvalue weighted by molar-refractivity contribution is 0.155. The van der Waals surface area contributed by atoms with Gasteiger partial charge in [0.1, 0.15) is 11.3 Å². The van der Waals surface area contributed by atoms with Crippen molar-refractivity contribution in [3.63, 3.8) is 0 Å². The molecule has 4 aromatic rings. The normalized spacial score (nSPS) is 16.4. The van der Waals surface area contributed by atoms with Crippen molar-refractivity contribution in [2.75, 3.05) is 39.8 Å². The molecule has 0 radical (unpaired) electrons. The van der Waals surface area contributed by atoms with E-state index < -0.39 is 0 Å². The third kappa shape index (κ3) is 3.27. The van der Waals surface area contributed by atoms with Crippen LogP contribution in [0.4, 0.5) is 0 Å². The van der Waals surface area contributed by atoms with E-state index in [0.717, 1.165) is 72.8 Å². The number of likely N-dealkylation sites (N-methyl/N-ethyl adjacent to an activating group) is 1. The van der Waals surface area contributed by atoms with E-state index in [0.29, 0.717) is 5.89 Å². The number of pyridine rings is 1. The fourth-order valence-electron chi connectivity index (χ4n) is 3.83. The molecule has 1 saturated heterocycles. The SMILES string of the molecule is Cc1nc2ccc(-c3ccc4nnc(CCN5CCN(C)CC5)n4c3)cc2o1. The molecule has 0 N–H and O–H groups in total. The highest BCUT2D eigenvalue weighted by molar-refractivity contribution is 5.80. The van der Waals surface area contributed by atoms with Crippen LogP contribution in [0.5, 0.6) is 0 Å². The smallest absolute Gasteiger partial charge is 0.192 e. The first-order valence-electron chi connectivity index (χ1n) is 9.78. The third-order valence-corrected chi connectivity index (χ3v) is 5.55. The van der Waals surface area contributed by atoms with E-state index in [2.05, 4.69) is 54.8 Å². The largest absolute Gasteiger partial charge is 0.441 e. The van der Waals surface area contributed by atoms with Crippen LogP contribution in [0.2, 0.25) is 0 Å². The molecule has 0 bridgehead atoms. The van der Waals surface area contributed by atoms with Crippen LogP contribution in [0.3, 0.4) is 0 Å². The molecule has 28 heavy (non-hydrogen) atoms. The molecule has 0 amide bonds. The van der Waals surface area contributed by atoms with Gasteiger partial charge in [-0.25, -0.2) is 4.98 Å². The number of nitrogens with zero attached hydrogens (tertiary/aromatic N) is 6. The number of aryl methyl sites for hydroxylation is 1. The van der Waals surface area contributed by atoms with E-state index in [9.17, 15) is 0 Å². The zero-order chi connectivity index (χ0) is 19.1. The van der Waals surface area contributed by atoms with Crippen LogP contribution in [0, 0.1) is 6.92 Å². The predicted octanol–water partition coefficient (Wildman–Crippen LogP) is 2.64. The first kappa shape index (κ1) is 17.3. The average molecular weight is 376 g/mol. The standard InChI is InChI=1S/C21H24N6O/c1-15-22-18-5-3-16(13-19(18)28-15)17-4-6-20-23-24-21(27(20)14-17)7-8-26-11-9-25(2)10-12-26/h3-6,13-14H,7-12H2,1-2H3. The summed E-state index contributed by atoms with van der Waals surface area (Å²) in [7, 11) is 2.18. The summed E-state index contributed by atoms with van der Waals surface area (Å²) in [6.45, 7) is 7.39. The van der Waals surface area contributed by atoms with E-state index in [4.69, 9.17) is 4.42 Å². The van der Waals surface area contributed by atoms with Crippen LogP contribution in [-0.4, -0.2) is 69.2 Å². The molecule has 7 heteroatoms. The molecule has 0 unspecified atom stereocenters. The summed E-state index contributed by atoms with van der Waals surface area (Å²) in [6, 6.07) is 10.2. The maximum Gasteiger partial charge on any atom is 0.192 e. The van der Waals surface area contributed by atoms with Crippen molar-refractivity contribution < 1.29 is 4.42 Å². The molecule has 3 aromatic heterocycles. The second-order valence-electron chi connectivity index (χ2n) is 7.57. The number of benzene rings is 1. The average Bonchev–Trinajstić information content (AvgIpc) is 3.28. The van der Waals surface area contributed by atoms with Crippen molar-refractivity contribution in [1.29, 1.82) is 0 Å². The Bertz CT molecular complexity index is 1120. The Morgan fingerprint density at radius 3 is 2.68 bits per heavy atom. The van der Waals surface area contributed by atoms with E-state index in [1.807, 2.05) is 25.1 Å². The Morgan fingerprint density at radius 2 is 1.82 bits per heavy atom. The van der Waals surface area contributed by atoms with Gasteiger partial charge < -0.3 is 14.2 Å². The lowest BCUT2D eigenvalue weighted by atomic mass is 10.1. The Morgan fingerprint density at radius 1 is 1.00 bits per heavy atom. The van der Waals surface area contributed by atoms with Gasteiger partial charge in [-0.1, -0.05) is 6.07 Å². The number of oxazole rings is 1. The quantitative estimate of drug-likeness (QED) is 0.546. The van der Waals surface area contributed by atoms with Gasteiger partial charge in [-0.3, -0.25) is 4.40 Å². The van der Waals surface area contributed by atoms with Gasteiger partial charge in [0.05, 0.1) is 0 Å². The Hall–Kier alpha value is -2.77. The lowest BCUT2D eigenvalue weighted by Gasteiger charge is -2.32. The molecule has 4 heterocycles. The van der Waals surface area contributed by atoms with Gasteiger partial charge in [0.25, 0.3) is 0 Å². The van der Waals surface area contributed by atoms with Gasteiger partial charge in [-0.05, 0) is 42.4 Å². The van der Waals surface area contributed by atoms with Gasteiger partial charge in [0.15, 0.2) is 17.1 Å². The third-order valence-electron chi connectivity index (χ3n) is 5.55. The molecule has 1 aliphatic heterocycles. The summed E-state index contributed by atoms with van der Waals surface area (Å²) in [6.07, 6.45) is 3.02. The zero-order valence-corrected chi connectivity index (χ0v) is 16.3. The van der Waals surface area contributed by atoms with Gasteiger partial charge in [0, 0.05) is 52.3 Å². The van der Waals surface area contributed by atoms with Crippen molar-refractivity contribution in [2.45, 2.75) is 13.3 Å². The van der Waals surface area contributed by atoms with Crippen LogP contribution in [0.15, 0.2) is 40.9 Å². The number of hydrogen-bond acceptors (Lipinski definition) is 6. The summed E-state index contributed by atoms with van der Waals surface area (Å²) in [5, 5.41) is 8.77. The first-order chi connectivity index (χ1) is 13.7. The monoisotopic (exact) mass is 376 g/mol. The van der Waals surface area contributed by atoms with Gasteiger partial charge >= 0.3 is 0 Å². The molecule has 7 nitrogen and oxygen atoms in total. The first-order valence-corrected chi connectivity index (χ1v) is 9.78. The topological polar surface area (TPSA) is 62.7 Å². The molecule has 144 valence electrons. The van der Waals surface area contributed by atoms with Gasteiger partial charge in [-0.2, -0.15) is 0 Å². The number of aromatic nitrogens is 4. The van der Waals surface area contributed by atoms with Gasteiger partial charge in [-0.15, -0.1) is 10.2 Å². The molecular formula is C21H24N6O. The maximum atomic E-state index is 5.69. The van der Waals surface area contributed by atoms with Crippen molar-refractivity contribution in [3.05, 3.63) is 48.2 Å². The van der Waals surface area contributed by atoms with Crippen molar-refractivity contribution in [3.8, 4) is 11.1 Å². The summed E-state index contributed by atoms with van der Waals surface area (Å²) in [5.74, 6) is 1.69. The van der Waals surface area contributed by atoms with E-state index >= 15 is 0 Å². The van der Waals surface area contributed by atoms with Gasteiger partial charge in [0.2, 0.25) is 0 Å². The molecule has 1 fully saturated rings. The predicted molar refractivity (Wildman–Crippen MR) is 108 cm³/mol. The van der Waals surface area contributed by atoms with Crippen LogP contribution in [0.1, 0.15) is 11.7 Å². The minimum Gasteiger partial charge on any atom is -0.441 e. The Balaban J connectivity index is 1.40. The summed E-state index contributed by atoms with van der Waals surface area (Å²) >= 11 is 0. The number of piperazine rings is 1. The lowest BCUT2D eigenvalue weighted by Crippen LogP contribution is -2.45. The van der Waals surface area contributed by atoms with Crippen LogP contribution >= 0.6 is 0 Å². The number of hydrogen-bond donors (Lipinski definition) is 0. The molecule has 5 rings (SSSR count). The summed E-state index contributed by atoms with van der Waals surface area (Å²) in [4.78, 5) is 9.26. The highest BCUT2D eigenvalue weighted by Gasteiger charge is 2.15. The van der Waals surface area contributed by atoms with Crippen LogP contribution < -0.4 is 0 Å². The second-order valence-corrected chi connectivity index (χ2v) is 7.57. The van der Waals surface area contributed by atoms with Crippen LogP contribution in [0.25, 0.3) is 27.9 Å². The summed E-state index contributed by atoms with van der Waals surface area (Å²) in [5.41, 5.74) is 4.80. The van der Waals surface area contributed by atoms with E-state index in [-0.39, 0.29) is 0 Å². The molecule has 0 spiro atoms. The Labute approximate surface area is 163 Å². The number of fused-ring (bicyclic) bond motifs is 2. The van der Waals surface area contributed by atoms with Crippen molar-refractivity contribution >= 4 is 16.7 Å². The molecule has 0 aliphatic carbocycles. The fourth-order valence-corrected chi connectivity index (χ4v) is 3.83. The maximum absolute atomic E-state index is 5.69. The van der Waals surface area contributed by atoms with Crippen molar-refractivity contribution in [1.82, 2.24) is 29.4 Å². The molecule has 0 atom stereocenters. The molecular weight excluding hydrogens is 352 g/mol. The number of rotatable bonds is 4. The fraction of sp³-hybridized carbons (Fsp3) is 0.381. The van der Waals surface area contributed by atoms with E-state index in [1.165, 1.54) is 0 Å². The second kappa shape index (κ2) is 7.00. The molecule has 1 aliphatic rings.